The predicted molar refractivity (Wildman–Crippen MR) is 62.3 cm³/mol. The van der Waals surface area contributed by atoms with Crippen LogP contribution in [0, 0.1) is 5.92 Å². The first-order valence-electron chi connectivity index (χ1n) is 5.67. The van der Waals surface area contributed by atoms with Gasteiger partial charge in [-0.2, -0.15) is 5.10 Å². The Morgan fingerprint density at radius 1 is 1.67 bits per heavy atom. The van der Waals surface area contributed by atoms with Gasteiger partial charge in [-0.25, -0.2) is 4.68 Å². The van der Waals surface area contributed by atoms with Crippen LogP contribution in [0.5, 0.6) is 0 Å². The Kier molecular flexibility index (Phi) is 3.21. The minimum atomic E-state index is 0.701. The van der Waals surface area contributed by atoms with E-state index < -0.39 is 0 Å². The van der Waals surface area contributed by atoms with Crippen molar-refractivity contribution in [2.24, 2.45) is 5.92 Å². The maximum absolute atomic E-state index is 4.15. The molecule has 3 nitrogen and oxygen atoms in total. The second kappa shape index (κ2) is 4.62. The summed E-state index contributed by atoms with van der Waals surface area (Å²) in [6.07, 6.45) is 9.61. The van der Waals surface area contributed by atoms with Gasteiger partial charge in [-0.1, -0.05) is 13.5 Å². The molecule has 0 bridgehead atoms. The molecule has 2 atom stereocenters. The lowest BCUT2D eigenvalue weighted by molar-refractivity contribution is 0.502. The van der Waals surface area contributed by atoms with Gasteiger partial charge >= 0.3 is 0 Å². The molecule has 0 amide bonds. The van der Waals surface area contributed by atoms with Crippen molar-refractivity contribution in [3.63, 3.8) is 0 Å². The first-order chi connectivity index (χ1) is 7.28. The van der Waals surface area contributed by atoms with Crippen LogP contribution in [-0.4, -0.2) is 15.8 Å². The Labute approximate surface area is 91.2 Å². The van der Waals surface area contributed by atoms with Crippen LogP contribution in [0.25, 0.3) is 6.20 Å². The number of nitrogens with one attached hydrogen (secondary N) is 1. The highest BCUT2D eigenvalue weighted by Gasteiger charge is 2.20. The van der Waals surface area contributed by atoms with E-state index in [0.717, 1.165) is 12.5 Å². The van der Waals surface area contributed by atoms with Crippen LogP contribution >= 0.6 is 0 Å². The largest absolute Gasteiger partial charge is 0.310 e. The zero-order valence-electron chi connectivity index (χ0n) is 9.32. The van der Waals surface area contributed by atoms with Gasteiger partial charge < -0.3 is 5.32 Å². The smallest absolute Gasteiger partial charge is 0.0538 e. The van der Waals surface area contributed by atoms with Crippen molar-refractivity contribution in [1.82, 2.24) is 15.1 Å². The summed E-state index contributed by atoms with van der Waals surface area (Å²) in [4.78, 5) is 0. The van der Waals surface area contributed by atoms with Crippen LogP contribution in [0.3, 0.4) is 0 Å². The van der Waals surface area contributed by atoms with E-state index in [0.29, 0.717) is 6.04 Å². The van der Waals surface area contributed by atoms with Gasteiger partial charge in [-0.3, -0.25) is 0 Å². The monoisotopic (exact) mass is 205 g/mol. The molecular weight excluding hydrogens is 186 g/mol. The van der Waals surface area contributed by atoms with Crippen molar-refractivity contribution < 1.29 is 0 Å². The van der Waals surface area contributed by atoms with Gasteiger partial charge in [0.05, 0.1) is 6.20 Å². The van der Waals surface area contributed by atoms with Crippen molar-refractivity contribution in [3.8, 4) is 0 Å². The van der Waals surface area contributed by atoms with Crippen LogP contribution in [0.4, 0.5) is 0 Å². The average molecular weight is 205 g/mol. The molecule has 0 spiro atoms. The second-order valence-corrected chi connectivity index (χ2v) is 4.51. The third-order valence-electron chi connectivity index (χ3n) is 3.13. The van der Waals surface area contributed by atoms with Crippen LogP contribution in [-0.2, 0) is 6.54 Å². The molecule has 2 unspecified atom stereocenters. The van der Waals surface area contributed by atoms with E-state index in [2.05, 4.69) is 23.9 Å². The van der Waals surface area contributed by atoms with Gasteiger partial charge in [0.25, 0.3) is 0 Å². The van der Waals surface area contributed by atoms with Crippen LogP contribution < -0.4 is 5.32 Å². The van der Waals surface area contributed by atoms with Gasteiger partial charge in [-0.15, -0.1) is 0 Å². The zero-order chi connectivity index (χ0) is 10.7. The number of hydrogen-bond donors (Lipinski definition) is 1. The van der Waals surface area contributed by atoms with Crippen LogP contribution in [0.1, 0.15) is 31.7 Å². The molecule has 1 aromatic rings. The average Bonchev–Trinajstić information content (AvgIpc) is 2.83. The van der Waals surface area contributed by atoms with Crippen molar-refractivity contribution in [1.29, 1.82) is 0 Å². The SMILES string of the molecule is C=Cn1cc(CNC2CCC(C)C2)cn1. The highest BCUT2D eigenvalue weighted by Crippen LogP contribution is 2.24. The summed E-state index contributed by atoms with van der Waals surface area (Å²) in [7, 11) is 0. The first-order valence-corrected chi connectivity index (χ1v) is 5.67. The number of rotatable bonds is 4. The molecule has 1 saturated carbocycles. The van der Waals surface area contributed by atoms with Crippen molar-refractivity contribution in [3.05, 3.63) is 24.5 Å². The molecule has 1 aliphatic rings. The van der Waals surface area contributed by atoms with Gasteiger partial charge in [0.1, 0.15) is 0 Å². The standard InChI is InChI=1S/C12H19N3/c1-3-15-9-11(8-14-15)7-13-12-5-4-10(2)6-12/h3,8-10,12-13H,1,4-7H2,2H3. The van der Waals surface area contributed by atoms with Crippen molar-refractivity contribution >= 4 is 6.20 Å². The third kappa shape index (κ3) is 2.69. The summed E-state index contributed by atoms with van der Waals surface area (Å²) < 4.78 is 1.74. The highest BCUT2D eigenvalue weighted by atomic mass is 15.2. The Bertz CT molecular complexity index is 329. The predicted octanol–water partition coefficient (Wildman–Crippen LogP) is 2.26. The second-order valence-electron chi connectivity index (χ2n) is 4.51. The first kappa shape index (κ1) is 10.4. The van der Waals surface area contributed by atoms with E-state index in [4.69, 9.17) is 0 Å². The summed E-state index contributed by atoms with van der Waals surface area (Å²) in [5.74, 6) is 0.887. The topological polar surface area (TPSA) is 29.9 Å². The molecule has 82 valence electrons. The van der Waals surface area contributed by atoms with E-state index >= 15 is 0 Å². The van der Waals surface area contributed by atoms with Crippen LogP contribution in [0.2, 0.25) is 0 Å². The fraction of sp³-hybridized carbons (Fsp3) is 0.583. The molecule has 1 fully saturated rings. The van der Waals surface area contributed by atoms with E-state index in [1.807, 2.05) is 12.4 Å². The van der Waals surface area contributed by atoms with E-state index in [1.165, 1.54) is 24.8 Å². The van der Waals surface area contributed by atoms with Crippen molar-refractivity contribution in [2.75, 3.05) is 0 Å². The molecule has 0 radical (unpaired) electrons. The normalized spacial score (nSPS) is 25.7. The minimum Gasteiger partial charge on any atom is -0.310 e. The lowest BCUT2D eigenvalue weighted by Crippen LogP contribution is -2.25. The molecule has 0 aromatic carbocycles. The fourth-order valence-electron chi connectivity index (χ4n) is 2.22. The van der Waals surface area contributed by atoms with Gasteiger partial charge in [0.15, 0.2) is 0 Å². The van der Waals surface area contributed by atoms with E-state index in [9.17, 15) is 0 Å². The summed E-state index contributed by atoms with van der Waals surface area (Å²) in [5, 5.41) is 7.73. The van der Waals surface area contributed by atoms with E-state index in [1.54, 1.807) is 10.9 Å². The van der Waals surface area contributed by atoms with Gasteiger partial charge in [0, 0.05) is 30.5 Å². The third-order valence-corrected chi connectivity index (χ3v) is 3.13. The molecular formula is C12H19N3. The van der Waals surface area contributed by atoms with Gasteiger partial charge in [-0.05, 0) is 25.2 Å². The molecule has 2 rings (SSSR count). The summed E-state index contributed by atoms with van der Waals surface area (Å²) >= 11 is 0. The lowest BCUT2D eigenvalue weighted by atomic mass is 10.1. The van der Waals surface area contributed by atoms with Crippen LogP contribution in [0.15, 0.2) is 19.0 Å². The summed E-state index contributed by atoms with van der Waals surface area (Å²) in [5.41, 5.74) is 1.23. The van der Waals surface area contributed by atoms with Gasteiger partial charge in [0.2, 0.25) is 0 Å². The van der Waals surface area contributed by atoms with Crippen molar-refractivity contribution in [2.45, 2.75) is 38.8 Å². The number of nitrogens with zero attached hydrogens (tertiary/aromatic N) is 2. The Hall–Kier alpha value is -1.09. The maximum Gasteiger partial charge on any atom is 0.0538 e. The Morgan fingerprint density at radius 3 is 3.13 bits per heavy atom. The number of hydrogen-bond acceptors (Lipinski definition) is 2. The maximum atomic E-state index is 4.15. The molecule has 1 aromatic heterocycles. The number of aromatic nitrogens is 2. The molecule has 1 N–H and O–H groups in total. The Balaban J connectivity index is 1.80. The summed E-state index contributed by atoms with van der Waals surface area (Å²) in [6, 6.07) is 0.701. The molecule has 1 aliphatic carbocycles. The zero-order valence-corrected chi connectivity index (χ0v) is 9.32. The lowest BCUT2D eigenvalue weighted by Gasteiger charge is -2.10. The Morgan fingerprint density at radius 2 is 2.53 bits per heavy atom. The quantitative estimate of drug-likeness (QED) is 0.817. The molecule has 3 heteroatoms. The minimum absolute atomic E-state index is 0.701. The molecule has 1 heterocycles. The molecule has 0 aliphatic heterocycles. The molecule has 0 saturated heterocycles. The summed E-state index contributed by atoms with van der Waals surface area (Å²) in [6.45, 7) is 6.92. The highest BCUT2D eigenvalue weighted by molar-refractivity contribution is 5.17. The fourth-order valence-corrected chi connectivity index (χ4v) is 2.22. The molecule has 15 heavy (non-hydrogen) atoms. The van der Waals surface area contributed by atoms with E-state index in [-0.39, 0.29) is 0 Å².